The first kappa shape index (κ1) is 40.6. The number of esters is 1. The maximum atomic E-state index is 12.8. The van der Waals surface area contributed by atoms with Crippen molar-refractivity contribution in [3.05, 3.63) is 35.9 Å². The molecule has 3 heterocycles. The fourth-order valence-corrected chi connectivity index (χ4v) is 9.27. The highest BCUT2D eigenvalue weighted by Crippen LogP contribution is 2.48. The number of fused-ring (bicyclic) bond motifs is 1. The molecule has 4 rings (SSSR count). The highest BCUT2D eigenvalue weighted by atomic mass is 28.4. The zero-order chi connectivity index (χ0) is 36.6. The van der Waals surface area contributed by atoms with Crippen LogP contribution in [0.25, 0.3) is 0 Å². The van der Waals surface area contributed by atoms with Gasteiger partial charge in [0.2, 0.25) is 0 Å². The number of benzene rings is 1. The van der Waals surface area contributed by atoms with Gasteiger partial charge in [0.1, 0.15) is 6.61 Å². The predicted molar refractivity (Wildman–Crippen MR) is 196 cm³/mol. The Hall–Kier alpha value is -1.16. The second-order valence-electron chi connectivity index (χ2n) is 18.2. The average Bonchev–Trinajstić information content (AvgIpc) is 3.41. The summed E-state index contributed by atoms with van der Waals surface area (Å²) in [5, 5.41) is 22.8. The molecule has 10 atom stereocenters. The molecule has 11 heteroatoms. The topological polar surface area (TPSA) is 113 Å². The van der Waals surface area contributed by atoms with E-state index in [1.54, 1.807) is 0 Å². The minimum absolute atomic E-state index is 0.0186. The zero-order valence-electron chi connectivity index (χ0n) is 32.3. The van der Waals surface area contributed by atoms with E-state index in [1.807, 2.05) is 37.3 Å². The fraction of sp³-hybridized carbons (Fsp3) is 0.816. The summed E-state index contributed by atoms with van der Waals surface area (Å²) in [5.74, 6) is -1.41. The van der Waals surface area contributed by atoms with Gasteiger partial charge >= 0.3 is 5.97 Å². The molecule has 0 saturated carbocycles. The van der Waals surface area contributed by atoms with Crippen molar-refractivity contribution in [2.75, 3.05) is 6.61 Å². The monoisotopic (exact) mass is 722 g/mol. The van der Waals surface area contributed by atoms with Gasteiger partial charge in [0.05, 0.1) is 55.8 Å². The summed E-state index contributed by atoms with van der Waals surface area (Å²) >= 11 is 0. The number of ether oxygens (including phenoxy) is 4. The predicted octanol–water partition coefficient (Wildman–Crippen LogP) is 7.35. The SMILES string of the molecule is C[C@H]1C[C@@]2(C[C@H](C)[C@H](O)[C@H](CC(=O)OCc3ccccc3)O2)OC2CC([C@@H](O)C[C@H](CO[Si](C)(C)C(C)(C)C)O[Si](C)(C)C(C)(C)C)OC21. The molecule has 0 aliphatic carbocycles. The highest BCUT2D eigenvalue weighted by molar-refractivity contribution is 6.74. The maximum Gasteiger partial charge on any atom is 0.308 e. The van der Waals surface area contributed by atoms with Gasteiger partial charge in [-0.05, 0) is 53.7 Å². The van der Waals surface area contributed by atoms with E-state index < -0.39 is 52.8 Å². The van der Waals surface area contributed by atoms with Crippen LogP contribution < -0.4 is 0 Å². The van der Waals surface area contributed by atoms with E-state index in [0.717, 1.165) is 5.56 Å². The van der Waals surface area contributed by atoms with Crippen molar-refractivity contribution in [3.8, 4) is 0 Å². The van der Waals surface area contributed by atoms with Gasteiger partial charge in [-0.2, -0.15) is 0 Å². The summed E-state index contributed by atoms with van der Waals surface area (Å²) in [7, 11) is -4.18. The van der Waals surface area contributed by atoms with E-state index in [1.165, 1.54) is 0 Å². The summed E-state index contributed by atoms with van der Waals surface area (Å²) in [6.45, 7) is 27.1. The van der Waals surface area contributed by atoms with E-state index >= 15 is 0 Å². The van der Waals surface area contributed by atoms with Gasteiger partial charge in [-0.1, -0.05) is 85.7 Å². The molecule has 2 N–H and O–H groups in total. The van der Waals surface area contributed by atoms with Crippen LogP contribution in [0.1, 0.15) is 93.1 Å². The van der Waals surface area contributed by atoms with Gasteiger partial charge in [0.25, 0.3) is 0 Å². The van der Waals surface area contributed by atoms with Crippen molar-refractivity contribution in [2.24, 2.45) is 11.8 Å². The summed E-state index contributed by atoms with van der Waals surface area (Å²) in [6.07, 6.45) is -1.48. The Balaban J connectivity index is 1.41. The van der Waals surface area contributed by atoms with Crippen LogP contribution in [0.15, 0.2) is 30.3 Å². The molecule has 1 aromatic carbocycles. The molecule has 3 aliphatic heterocycles. The molecule has 3 fully saturated rings. The third-order valence-corrected chi connectivity index (χ3v) is 21.0. The molecule has 49 heavy (non-hydrogen) atoms. The molecular formula is C38H66O9Si2. The van der Waals surface area contributed by atoms with Crippen molar-refractivity contribution < 1.29 is 42.8 Å². The summed E-state index contributed by atoms with van der Waals surface area (Å²) in [4.78, 5) is 12.8. The van der Waals surface area contributed by atoms with E-state index in [2.05, 4.69) is 74.7 Å². The van der Waals surface area contributed by atoms with Crippen LogP contribution in [0, 0.1) is 11.8 Å². The second kappa shape index (κ2) is 15.4. The van der Waals surface area contributed by atoms with Crippen molar-refractivity contribution in [1.29, 1.82) is 0 Å². The van der Waals surface area contributed by atoms with Crippen molar-refractivity contribution >= 4 is 22.6 Å². The fourth-order valence-electron chi connectivity index (χ4n) is 6.89. The minimum Gasteiger partial charge on any atom is -0.461 e. The first-order valence-electron chi connectivity index (χ1n) is 18.4. The van der Waals surface area contributed by atoms with Crippen LogP contribution in [0.2, 0.25) is 36.3 Å². The Morgan fingerprint density at radius 2 is 1.57 bits per heavy atom. The molecule has 3 saturated heterocycles. The Morgan fingerprint density at radius 1 is 0.959 bits per heavy atom. The van der Waals surface area contributed by atoms with Crippen LogP contribution in [-0.2, 0) is 39.2 Å². The largest absolute Gasteiger partial charge is 0.461 e. The molecule has 0 bridgehead atoms. The standard InChI is InChI=1S/C38H66O9Si2/c1-25-21-38(45-31(34(25)41)20-33(40)42-23-27-16-14-13-15-17-27)22-26(2)35-32(46-38)19-30(44-35)29(39)18-28(47-49(11,12)37(6,7)8)24-43-48(9,10)36(3,4)5/h13-17,25-26,28-32,34-35,39,41H,18-24H2,1-12H3/t25-,26-,28+,29-,30?,31-,32?,34-,35?,38+/m0/s1. The molecular weight excluding hydrogens is 657 g/mol. The lowest BCUT2D eigenvalue weighted by atomic mass is 9.80. The molecule has 280 valence electrons. The van der Waals surface area contributed by atoms with E-state index in [4.69, 9.17) is 27.8 Å². The Bertz CT molecular complexity index is 1230. The first-order chi connectivity index (χ1) is 22.5. The molecule has 3 aliphatic rings. The van der Waals surface area contributed by atoms with Crippen LogP contribution in [0.4, 0.5) is 0 Å². The molecule has 9 nitrogen and oxygen atoms in total. The van der Waals surface area contributed by atoms with Gasteiger partial charge in [0, 0.05) is 25.7 Å². The average molecular weight is 723 g/mol. The van der Waals surface area contributed by atoms with Gasteiger partial charge in [-0.3, -0.25) is 4.79 Å². The molecule has 1 spiro atoms. The molecule has 0 aromatic heterocycles. The summed E-state index contributed by atoms with van der Waals surface area (Å²) in [5.41, 5.74) is 0.903. The minimum atomic E-state index is -2.15. The van der Waals surface area contributed by atoms with Crippen LogP contribution >= 0.6 is 0 Å². The third kappa shape index (κ3) is 10.0. The lowest BCUT2D eigenvalue weighted by Gasteiger charge is -2.51. The van der Waals surface area contributed by atoms with E-state index in [-0.39, 0.29) is 53.3 Å². The second-order valence-corrected chi connectivity index (χ2v) is 27.7. The maximum absolute atomic E-state index is 12.8. The van der Waals surface area contributed by atoms with Gasteiger partial charge < -0.3 is 38.0 Å². The number of carbonyl (C=O) groups excluding carboxylic acids is 1. The summed E-state index contributed by atoms with van der Waals surface area (Å²) in [6, 6.07) is 9.53. The van der Waals surface area contributed by atoms with Crippen LogP contribution in [-0.4, -0.2) is 87.9 Å². The van der Waals surface area contributed by atoms with Gasteiger partial charge in [0.15, 0.2) is 22.4 Å². The quantitative estimate of drug-likeness (QED) is 0.169. The lowest BCUT2D eigenvalue weighted by Crippen LogP contribution is -2.59. The molecule has 1 aromatic rings. The number of hydrogen-bond donors (Lipinski definition) is 2. The number of carbonyl (C=O) groups is 1. The lowest BCUT2D eigenvalue weighted by molar-refractivity contribution is -0.352. The number of aliphatic hydroxyl groups is 2. The first-order valence-corrected chi connectivity index (χ1v) is 24.2. The van der Waals surface area contributed by atoms with Crippen molar-refractivity contribution in [3.63, 3.8) is 0 Å². The third-order valence-electron chi connectivity index (χ3n) is 11.9. The number of aliphatic hydroxyl groups excluding tert-OH is 2. The smallest absolute Gasteiger partial charge is 0.308 e. The van der Waals surface area contributed by atoms with Gasteiger partial charge in [-0.25, -0.2) is 0 Å². The summed E-state index contributed by atoms with van der Waals surface area (Å²) < 4.78 is 38.9. The molecule has 0 radical (unpaired) electrons. The van der Waals surface area contributed by atoms with E-state index in [9.17, 15) is 15.0 Å². The van der Waals surface area contributed by atoms with Crippen molar-refractivity contribution in [2.45, 2.75) is 179 Å². The van der Waals surface area contributed by atoms with Crippen LogP contribution in [0.3, 0.4) is 0 Å². The number of hydrogen-bond acceptors (Lipinski definition) is 9. The van der Waals surface area contributed by atoms with Gasteiger partial charge in [-0.15, -0.1) is 0 Å². The number of rotatable bonds is 12. The highest BCUT2D eigenvalue weighted by Gasteiger charge is 2.56. The Kier molecular flexibility index (Phi) is 12.8. The normalized spacial score (nSPS) is 32.5. The zero-order valence-corrected chi connectivity index (χ0v) is 34.3. The molecule has 0 amide bonds. The molecule has 3 unspecified atom stereocenters. The van der Waals surface area contributed by atoms with Crippen molar-refractivity contribution in [1.82, 2.24) is 0 Å². The van der Waals surface area contributed by atoms with Crippen LogP contribution in [0.5, 0.6) is 0 Å². The Labute approximate surface area is 298 Å². The Morgan fingerprint density at radius 3 is 2.18 bits per heavy atom. The van der Waals surface area contributed by atoms with E-state index in [0.29, 0.717) is 32.3 Å².